The molecule has 1 aliphatic heterocycles. The van der Waals surface area contributed by atoms with E-state index in [1.54, 1.807) is 0 Å². The average Bonchev–Trinajstić information content (AvgIpc) is 2.23. The van der Waals surface area contributed by atoms with Gasteiger partial charge in [-0.05, 0) is 20.3 Å². The number of rotatable bonds is 3. The molecule has 0 aliphatic carbocycles. The highest BCUT2D eigenvalue weighted by atomic mass is 16.5. The van der Waals surface area contributed by atoms with Gasteiger partial charge in [-0.3, -0.25) is 4.79 Å². The van der Waals surface area contributed by atoms with Crippen molar-refractivity contribution in [3.05, 3.63) is 0 Å². The fourth-order valence-electron chi connectivity index (χ4n) is 1.89. The van der Waals surface area contributed by atoms with Gasteiger partial charge >= 0.3 is 0 Å². The SMILES string of the molecule is CCC(CN)C(=O)N1CC(C)OCC1C. The molecular weight excluding hydrogens is 192 g/mol. The molecular formula is C11H22N2O2. The standard InChI is InChI=1S/C11H22N2O2/c1-4-10(5-12)11(14)13-6-9(3)15-7-8(13)2/h8-10H,4-7,12H2,1-3H3. The van der Waals surface area contributed by atoms with Crippen LogP contribution in [0.1, 0.15) is 27.2 Å². The van der Waals surface area contributed by atoms with Crippen molar-refractivity contribution in [3.63, 3.8) is 0 Å². The van der Waals surface area contributed by atoms with E-state index in [1.165, 1.54) is 0 Å². The van der Waals surface area contributed by atoms with E-state index in [2.05, 4.69) is 0 Å². The van der Waals surface area contributed by atoms with Crippen LogP contribution in [0.3, 0.4) is 0 Å². The smallest absolute Gasteiger partial charge is 0.227 e. The molecule has 0 bridgehead atoms. The maximum atomic E-state index is 12.1. The lowest BCUT2D eigenvalue weighted by atomic mass is 10.0. The topological polar surface area (TPSA) is 55.6 Å². The number of carbonyl (C=O) groups excluding carboxylic acids is 1. The van der Waals surface area contributed by atoms with E-state index in [-0.39, 0.29) is 24.0 Å². The van der Waals surface area contributed by atoms with Gasteiger partial charge in [-0.2, -0.15) is 0 Å². The Labute approximate surface area is 91.8 Å². The van der Waals surface area contributed by atoms with Crippen LogP contribution in [0.5, 0.6) is 0 Å². The molecule has 1 saturated heterocycles. The van der Waals surface area contributed by atoms with Crippen LogP contribution in [-0.2, 0) is 9.53 Å². The summed E-state index contributed by atoms with van der Waals surface area (Å²) < 4.78 is 5.49. The van der Waals surface area contributed by atoms with Crippen molar-refractivity contribution < 1.29 is 9.53 Å². The quantitative estimate of drug-likeness (QED) is 0.749. The van der Waals surface area contributed by atoms with Crippen LogP contribution < -0.4 is 5.73 Å². The summed E-state index contributed by atoms with van der Waals surface area (Å²) in [6.07, 6.45) is 0.953. The summed E-state index contributed by atoms with van der Waals surface area (Å²) in [6.45, 7) is 7.78. The van der Waals surface area contributed by atoms with Gasteiger partial charge in [-0.1, -0.05) is 6.92 Å². The number of carbonyl (C=O) groups is 1. The molecule has 1 aliphatic rings. The Morgan fingerprint density at radius 3 is 2.80 bits per heavy atom. The Hall–Kier alpha value is -0.610. The van der Waals surface area contributed by atoms with E-state index in [0.29, 0.717) is 19.7 Å². The lowest BCUT2D eigenvalue weighted by molar-refractivity contribution is -0.147. The number of hydrogen-bond donors (Lipinski definition) is 1. The van der Waals surface area contributed by atoms with E-state index in [0.717, 1.165) is 6.42 Å². The second-order valence-corrected chi connectivity index (χ2v) is 4.32. The predicted octanol–water partition coefficient (Wildman–Crippen LogP) is 0.607. The van der Waals surface area contributed by atoms with Crippen molar-refractivity contribution in [1.29, 1.82) is 0 Å². The molecule has 0 spiro atoms. The normalized spacial score (nSPS) is 28.9. The summed E-state index contributed by atoms with van der Waals surface area (Å²) in [4.78, 5) is 14.0. The summed E-state index contributed by atoms with van der Waals surface area (Å²) in [5, 5.41) is 0. The van der Waals surface area contributed by atoms with E-state index < -0.39 is 0 Å². The zero-order valence-corrected chi connectivity index (χ0v) is 9.90. The monoisotopic (exact) mass is 214 g/mol. The Balaban J connectivity index is 2.63. The van der Waals surface area contributed by atoms with E-state index >= 15 is 0 Å². The zero-order chi connectivity index (χ0) is 11.4. The second-order valence-electron chi connectivity index (χ2n) is 4.32. The highest BCUT2D eigenvalue weighted by Crippen LogP contribution is 2.15. The molecule has 0 radical (unpaired) electrons. The number of morpholine rings is 1. The fourth-order valence-corrected chi connectivity index (χ4v) is 1.89. The van der Waals surface area contributed by atoms with E-state index in [1.807, 2.05) is 25.7 Å². The molecule has 2 N–H and O–H groups in total. The molecule has 0 aromatic heterocycles. The van der Waals surface area contributed by atoms with Gasteiger partial charge in [0.25, 0.3) is 0 Å². The lowest BCUT2D eigenvalue weighted by Gasteiger charge is -2.38. The largest absolute Gasteiger partial charge is 0.375 e. The van der Waals surface area contributed by atoms with Gasteiger partial charge in [0, 0.05) is 13.1 Å². The molecule has 88 valence electrons. The Morgan fingerprint density at radius 2 is 2.27 bits per heavy atom. The van der Waals surface area contributed by atoms with Crippen LogP contribution in [-0.4, -0.2) is 42.6 Å². The third kappa shape index (κ3) is 2.92. The van der Waals surface area contributed by atoms with Gasteiger partial charge in [0.1, 0.15) is 0 Å². The maximum Gasteiger partial charge on any atom is 0.227 e. The third-order valence-corrected chi connectivity index (χ3v) is 3.02. The molecule has 0 aromatic rings. The minimum atomic E-state index is -0.0299. The van der Waals surface area contributed by atoms with Gasteiger partial charge in [-0.15, -0.1) is 0 Å². The van der Waals surface area contributed by atoms with Crippen molar-refractivity contribution in [2.24, 2.45) is 11.7 Å². The van der Waals surface area contributed by atoms with Crippen LogP contribution in [0.4, 0.5) is 0 Å². The van der Waals surface area contributed by atoms with Crippen molar-refractivity contribution >= 4 is 5.91 Å². The minimum absolute atomic E-state index is 0.0299. The summed E-state index contributed by atoms with van der Waals surface area (Å²) in [5.74, 6) is 0.153. The molecule has 1 amide bonds. The zero-order valence-electron chi connectivity index (χ0n) is 9.90. The summed E-state index contributed by atoms with van der Waals surface area (Å²) in [7, 11) is 0. The molecule has 0 aromatic carbocycles. The Morgan fingerprint density at radius 1 is 1.60 bits per heavy atom. The van der Waals surface area contributed by atoms with Crippen molar-refractivity contribution in [2.45, 2.75) is 39.3 Å². The van der Waals surface area contributed by atoms with Crippen LogP contribution in [0.2, 0.25) is 0 Å². The second kappa shape index (κ2) is 5.47. The van der Waals surface area contributed by atoms with E-state index in [9.17, 15) is 4.79 Å². The van der Waals surface area contributed by atoms with Crippen molar-refractivity contribution in [2.75, 3.05) is 19.7 Å². The predicted molar refractivity (Wildman–Crippen MR) is 59.4 cm³/mol. The maximum absolute atomic E-state index is 12.1. The van der Waals surface area contributed by atoms with Crippen molar-refractivity contribution in [3.8, 4) is 0 Å². The molecule has 3 atom stereocenters. The molecule has 15 heavy (non-hydrogen) atoms. The molecule has 1 fully saturated rings. The molecule has 3 unspecified atom stereocenters. The van der Waals surface area contributed by atoms with E-state index in [4.69, 9.17) is 10.5 Å². The third-order valence-electron chi connectivity index (χ3n) is 3.02. The van der Waals surface area contributed by atoms with Crippen LogP contribution >= 0.6 is 0 Å². The average molecular weight is 214 g/mol. The van der Waals surface area contributed by atoms with Gasteiger partial charge < -0.3 is 15.4 Å². The lowest BCUT2D eigenvalue weighted by Crippen LogP contribution is -2.52. The van der Waals surface area contributed by atoms with Gasteiger partial charge in [0.2, 0.25) is 5.91 Å². The Bertz CT molecular complexity index is 217. The van der Waals surface area contributed by atoms with Gasteiger partial charge in [0.05, 0.1) is 24.7 Å². The van der Waals surface area contributed by atoms with Crippen LogP contribution in [0, 0.1) is 5.92 Å². The first kappa shape index (κ1) is 12.5. The molecule has 1 heterocycles. The first-order valence-corrected chi connectivity index (χ1v) is 5.72. The summed E-state index contributed by atoms with van der Waals surface area (Å²) >= 11 is 0. The van der Waals surface area contributed by atoms with Crippen LogP contribution in [0.25, 0.3) is 0 Å². The Kier molecular flexibility index (Phi) is 4.54. The number of amides is 1. The fraction of sp³-hybridized carbons (Fsp3) is 0.909. The molecule has 0 saturated carbocycles. The summed E-state index contributed by atoms with van der Waals surface area (Å²) in [6, 6.07) is 0.175. The first-order valence-electron chi connectivity index (χ1n) is 5.72. The molecule has 4 heteroatoms. The number of nitrogens with two attached hydrogens (primary N) is 1. The van der Waals surface area contributed by atoms with Gasteiger partial charge in [-0.25, -0.2) is 0 Å². The van der Waals surface area contributed by atoms with Gasteiger partial charge in [0.15, 0.2) is 0 Å². The summed E-state index contributed by atoms with van der Waals surface area (Å²) in [5.41, 5.74) is 5.59. The van der Waals surface area contributed by atoms with Crippen LogP contribution in [0.15, 0.2) is 0 Å². The van der Waals surface area contributed by atoms with Crippen molar-refractivity contribution in [1.82, 2.24) is 4.90 Å². The molecule has 1 rings (SSSR count). The highest BCUT2D eigenvalue weighted by molar-refractivity contribution is 5.79. The minimum Gasteiger partial charge on any atom is -0.375 e. The highest BCUT2D eigenvalue weighted by Gasteiger charge is 2.30. The number of ether oxygens (including phenoxy) is 1. The first-order chi connectivity index (χ1) is 7.10. The number of hydrogen-bond acceptors (Lipinski definition) is 3. The molecule has 4 nitrogen and oxygen atoms in total. The number of nitrogens with zero attached hydrogens (tertiary/aromatic N) is 1.